The van der Waals surface area contributed by atoms with Gasteiger partial charge in [0.15, 0.2) is 0 Å². The fourth-order valence-corrected chi connectivity index (χ4v) is 6.13. The molecule has 3 atom stereocenters. The minimum absolute atomic E-state index is 0.0226. The topological polar surface area (TPSA) is 116 Å². The molecule has 0 bridgehead atoms. The van der Waals surface area contributed by atoms with Gasteiger partial charge in [0.2, 0.25) is 12.8 Å². The van der Waals surface area contributed by atoms with Crippen LogP contribution < -0.4 is 0 Å². The smallest absolute Gasteiger partial charge is 0.210 e. The molecule has 2 fully saturated rings. The highest BCUT2D eigenvalue weighted by molar-refractivity contribution is 5.72. The van der Waals surface area contributed by atoms with Crippen molar-refractivity contribution in [2.45, 2.75) is 44.1 Å². The van der Waals surface area contributed by atoms with Gasteiger partial charge in [0.1, 0.15) is 11.6 Å². The van der Waals surface area contributed by atoms with E-state index >= 15 is 0 Å². The van der Waals surface area contributed by atoms with Gasteiger partial charge in [-0.2, -0.15) is 0 Å². The van der Waals surface area contributed by atoms with Crippen LogP contribution in [0.1, 0.15) is 48.7 Å². The van der Waals surface area contributed by atoms with E-state index in [9.17, 15) is 9.59 Å². The standard InChI is InChI=1S/C33H36N6O4/c1-3-15-43-26-16-30(39(18-26)21-41)33-36-28(19-42-2)31(37-33)25-12-8-23(9-13-25)22-6-10-24(11-7-22)27-17-34-32(35-27)29-5-4-14-38(29)20-40/h3,6-13,17,20-21,26,29-30H,1,4-5,14-16,18-19H2,2H3,(H,34,35)(H,36,37). The second kappa shape index (κ2) is 12.8. The van der Waals surface area contributed by atoms with E-state index in [1.165, 1.54) is 0 Å². The maximum Gasteiger partial charge on any atom is 0.210 e. The number of hydrogen-bond acceptors (Lipinski definition) is 6. The Kier molecular flexibility index (Phi) is 8.48. The van der Waals surface area contributed by atoms with Crippen LogP contribution in [-0.2, 0) is 25.7 Å². The number of rotatable bonds is 12. The number of H-pyrrole nitrogens is 2. The third-order valence-corrected chi connectivity index (χ3v) is 8.32. The molecule has 0 aliphatic carbocycles. The third-order valence-electron chi connectivity index (χ3n) is 8.32. The average molecular weight is 581 g/mol. The number of carbonyl (C=O) groups is 2. The molecule has 2 N–H and O–H groups in total. The molecule has 2 aromatic carbocycles. The normalized spacial score (nSPS) is 20.1. The summed E-state index contributed by atoms with van der Waals surface area (Å²) in [4.78, 5) is 43.0. The molecular formula is C33H36N6O4. The summed E-state index contributed by atoms with van der Waals surface area (Å²) in [6.45, 7) is 5.83. The molecule has 222 valence electrons. The number of likely N-dealkylation sites (tertiary alicyclic amines) is 2. The number of aromatic nitrogens is 4. The molecule has 4 aromatic rings. The Morgan fingerprint density at radius 2 is 1.63 bits per heavy atom. The van der Waals surface area contributed by atoms with Crippen molar-refractivity contribution >= 4 is 12.8 Å². The lowest BCUT2D eigenvalue weighted by Gasteiger charge is -2.17. The molecule has 0 saturated carbocycles. The molecular weight excluding hydrogens is 544 g/mol. The van der Waals surface area contributed by atoms with E-state index in [2.05, 4.69) is 70.1 Å². The third kappa shape index (κ3) is 5.89. The van der Waals surface area contributed by atoms with E-state index in [4.69, 9.17) is 14.5 Å². The molecule has 6 rings (SSSR count). The highest BCUT2D eigenvalue weighted by atomic mass is 16.5. The zero-order valence-electron chi connectivity index (χ0n) is 24.2. The number of carbonyl (C=O) groups excluding carboxylic acids is 2. The lowest BCUT2D eigenvalue weighted by atomic mass is 10.0. The van der Waals surface area contributed by atoms with Gasteiger partial charge in [-0.3, -0.25) is 9.59 Å². The largest absolute Gasteiger partial charge is 0.378 e. The highest BCUT2D eigenvalue weighted by Crippen LogP contribution is 2.35. The zero-order valence-corrected chi connectivity index (χ0v) is 24.2. The monoisotopic (exact) mass is 580 g/mol. The van der Waals surface area contributed by atoms with Gasteiger partial charge in [-0.1, -0.05) is 54.6 Å². The van der Waals surface area contributed by atoms with Crippen LogP contribution in [-0.4, -0.2) is 75.5 Å². The molecule has 2 aliphatic heterocycles. The minimum Gasteiger partial charge on any atom is -0.378 e. The minimum atomic E-state index is -0.192. The summed E-state index contributed by atoms with van der Waals surface area (Å²) in [6.07, 6.45) is 7.86. The number of methoxy groups -OCH3 is 1. The molecule has 0 spiro atoms. The Balaban J connectivity index is 1.18. The summed E-state index contributed by atoms with van der Waals surface area (Å²) >= 11 is 0. The van der Waals surface area contributed by atoms with Crippen LogP contribution in [0.5, 0.6) is 0 Å². The fraction of sp³-hybridized carbons (Fsp3) is 0.333. The molecule has 10 nitrogen and oxygen atoms in total. The van der Waals surface area contributed by atoms with Crippen molar-refractivity contribution in [1.29, 1.82) is 0 Å². The second-order valence-corrected chi connectivity index (χ2v) is 11.0. The second-order valence-electron chi connectivity index (χ2n) is 11.0. The summed E-state index contributed by atoms with van der Waals surface area (Å²) in [7, 11) is 1.65. The van der Waals surface area contributed by atoms with Gasteiger partial charge in [0, 0.05) is 32.2 Å². The molecule has 3 unspecified atom stereocenters. The first-order valence-corrected chi connectivity index (χ1v) is 14.6. The van der Waals surface area contributed by atoms with Gasteiger partial charge in [0.05, 0.1) is 54.7 Å². The zero-order chi connectivity index (χ0) is 29.8. The molecule has 43 heavy (non-hydrogen) atoms. The fourth-order valence-electron chi connectivity index (χ4n) is 6.13. The van der Waals surface area contributed by atoms with Crippen molar-refractivity contribution in [1.82, 2.24) is 29.7 Å². The quantitative estimate of drug-likeness (QED) is 0.179. The Hall–Kier alpha value is -4.54. The van der Waals surface area contributed by atoms with E-state index in [0.29, 0.717) is 26.2 Å². The van der Waals surface area contributed by atoms with Crippen LogP contribution >= 0.6 is 0 Å². The van der Waals surface area contributed by atoms with Crippen LogP contribution in [0.15, 0.2) is 67.4 Å². The van der Waals surface area contributed by atoms with E-state index < -0.39 is 0 Å². The first-order chi connectivity index (χ1) is 21.1. The summed E-state index contributed by atoms with van der Waals surface area (Å²) < 4.78 is 11.3. The first kappa shape index (κ1) is 28.6. The van der Waals surface area contributed by atoms with Crippen molar-refractivity contribution in [2.24, 2.45) is 0 Å². The number of nitrogens with zero attached hydrogens (tertiary/aromatic N) is 4. The maximum absolute atomic E-state index is 11.8. The molecule has 2 aromatic heterocycles. The lowest BCUT2D eigenvalue weighted by Crippen LogP contribution is -2.24. The van der Waals surface area contributed by atoms with Gasteiger partial charge in [-0.25, -0.2) is 9.97 Å². The van der Waals surface area contributed by atoms with Crippen LogP contribution in [0.2, 0.25) is 0 Å². The number of aromatic amines is 2. The van der Waals surface area contributed by atoms with E-state index in [1.54, 1.807) is 18.1 Å². The summed E-state index contributed by atoms with van der Waals surface area (Å²) in [5.41, 5.74) is 6.79. The molecule has 2 saturated heterocycles. The summed E-state index contributed by atoms with van der Waals surface area (Å²) in [5.74, 6) is 1.56. The van der Waals surface area contributed by atoms with Crippen LogP contribution in [0.3, 0.4) is 0 Å². The molecule has 4 heterocycles. The van der Waals surface area contributed by atoms with Gasteiger partial charge >= 0.3 is 0 Å². The number of benzene rings is 2. The van der Waals surface area contributed by atoms with Gasteiger partial charge in [-0.15, -0.1) is 6.58 Å². The van der Waals surface area contributed by atoms with Crippen molar-refractivity contribution in [2.75, 3.05) is 26.8 Å². The van der Waals surface area contributed by atoms with Crippen LogP contribution in [0.4, 0.5) is 0 Å². The average Bonchev–Trinajstić information content (AvgIpc) is 3.86. The van der Waals surface area contributed by atoms with E-state index in [1.807, 2.05) is 11.1 Å². The number of amides is 2. The summed E-state index contributed by atoms with van der Waals surface area (Å²) in [6, 6.07) is 16.5. The Morgan fingerprint density at radius 1 is 0.930 bits per heavy atom. The number of hydrogen-bond donors (Lipinski definition) is 2. The van der Waals surface area contributed by atoms with Gasteiger partial charge < -0.3 is 29.2 Å². The van der Waals surface area contributed by atoms with Crippen molar-refractivity contribution in [3.8, 4) is 33.6 Å². The number of imidazole rings is 2. The Morgan fingerprint density at radius 3 is 2.30 bits per heavy atom. The van der Waals surface area contributed by atoms with Crippen molar-refractivity contribution in [3.63, 3.8) is 0 Å². The SMILES string of the molecule is C=CCOC1CC(c2nc(-c3ccc(-c4ccc(-c5cnc(C6CCCN6C=O)[nH]5)cc4)cc3)c(COC)[nH]2)N(C=O)C1. The molecule has 2 aliphatic rings. The van der Waals surface area contributed by atoms with E-state index in [-0.39, 0.29) is 18.2 Å². The highest BCUT2D eigenvalue weighted by Gasteiger charge is 2.35. The first-order valence-electron chi connectivity index (χ1n) is 14.6. The van der Waals surface area contributed by atoms with Crippen LogP contribution in [0.25, 0.3) is 33.6 Å². The Bertz CT molecular complexity index is 1560. The molecule has 10 heteroatoms. The Labute approximate surface area is 250 Å². The predicted molar refractivity (Wildman–Crippen MR) is 163 cm³/mol. The van der Waals surface area contributed by atoms with Gasteiger partial charge in [0.25, 0.3) is 0 Å². The molecule has 0 radical (unpaired) electrons. The lowest BCUT2D eigenvalue weighted by molar-refractivity contribution is -0.120. The molecule has 2 amide bonds. The summed E-state index contributed by atoms with van der Waals surface area (Å²) in [5, 5.41) is 0. The van der Waals surface area contributed by atoms with Crippen molar-refractivity contribution in [3.05, 3.63) is 84.7 Å². The van der Waals surface area contributed by atoms with Crippen molar-refractivity contribution < 1.29 is 19.1 Å². The van der Waals surface area contributed by atoms with E-state index in [0.717, 1.165) is 83.2 Å². The maximum atomic E-state index is 11.8. The predicted octanol–water partition coefficient (Wildman–Crippen LogP) is 5.05. The van der Waals surface area contributed by atoms with Gasteiger partial charge in [-0.05, 0) is 29.5 Å². The number of nitrogens with one attached hydrogen (secondary N) is 2. The number of ether oxygens (including phenoxy) is 2. The van der Waals surface area contributed by atoms with Crippen LogP contribution in [0, 0.1) is 0 Å².